The molecule has 3 aromatic rings. The number of aromatic nitrogens is 2. The molecule has 1 aromatic heterocycles. The number of carbonyl (C=O) groups is 3. The van der Waals surface area contributed by atoms with Crippen molar-refractivity contribution in [2.45, 2.75) is 6.42 Å². The molecule has 2 heterocycles. The molecule has 1 aliphatic rings. The average Bonchev–Trinajstić information content (AvgIpc) is 3.27. The van der Waals surface area contributed by atoms with E-state index in [1.807, 2.05) is 30.3 Å². The molecule has 0 saturated carbocycles. The highest BCUT2D eigenvalue weighted by Gasteiger charge is 2.35. The topological polar surface area (TPSA) is 138 Å². The van der Waals surface area contributed by atoms with Gasteiger partial charge in [-0.2, -0.15) is 0 Å². The van der Waals surface area contributed by atoms with Crippen molar-refractivity contribution in [3.63, 3.8) is 0 Å². The molecule has 10 nitrogen and oxygen atoms in total. The predicted octanol–water partition coefficient (Wildman–Crippen LogP) is 2.00. The van der Waals surface area contributed by atoms with Crippen LogP contribution in [-0.2, 0) is 16.4 Å². The Bertz CT molecular complexity index is 1320. The summed E-state index contributed by atoms with van der Waals surface area (Å²) >= 11 is 0.840. The molecule has 164 valence electrons. The number of rotatable bonds is 7. The number of hydrogen-bond acceptors (Lipinski definition) is 8. The first-order chi connectivity index (χ1) is 15.2. The molecule has 0 fully saturated rings. The zero-order chi connectivity index (χ0) is 22.9. The van der Waals surface area contributed by atoms with E-state index in [0.29, 0.717) is 6.42 Å². The molecule has 0 unspecified atom stereocenters. The standard InChI is InChI=1S/C20H17N5O5S2/c1-32(29,30)24-20-23-22-19(31-20)21-16(26)13-7-8-14-15(11-13)18(28)25(17(14)27)10-9-12-5-3-2-4-6-12/h2-8,11H,9-10H2,1H3,(H,23,24)(H,21,22,26). The Kier molecular flexibility index (Phi) is 5.72. The molecule has 12 heteroatoms. The van der Waals surface area contributed by atoms with Crippen LogP contribution in [0.2, 0.25) is 0 Å². The fourth-order valence-electron chi connectivity index (χ4n) is 3.16. The summed E-state index contributed by atoms with van der Waals surface area (Å²) in [6.07, 6.45) is 1.50. The van der Waals surface area contributed by atoms with Gasteiger partial charge in [-0.25, -0.2) is 8.42 Å². The Morgan fingerprint density at radius 2 is 1.69 bits per heavy atom. The summed E-state index contributed by atoms with van der Waals surface area (Å²) in [5.74, 6) is -1.42. The van der Waals surface area contributed by atoms with Gasteiger partial charge in [-0.15, -0.1) is 10.2 Å². The van der Waals surface area contributed by atoms with E-state index in [1.54, 1.807) is 0 Å². The van der Waals surface area contributed by atoms with Gasteiger partial charge < -0.3 is 0 Å². The fraction of sp³-hybridized carbons (Fsp3) is 0.150. The van der Waals surface area contributed by atoms with E-state index < -0.39 is 27.7 Å². The van der Waals surface area contributed by atoms with E-state index >= 15 is 0 Å². The summed E-state index contributed by atoms with van der Waals surface area (Å²) in [7, 11) is -3.52. The Balaban J connectivity index is 1.46. The average molecular weight is 472 g/mol. The van der Waals surface area contributed by atoms with Crippen LogP contribution in [0, 0.1) is 0 Å². The van der Waals surface area contributed by atoms with Gasteiger partial charge in [0.2, 0.25) is 20.3 Å². The second kappa shape index (κ2) is 8.48. The molecular weight excluding hydrogens is 454 g/mol. The minimum Gasteiger partial charge on any atom is -0.296 e. The number of imide groups is 1. The Morgan fingerprint density at radius 3 is 2.41 bits per heavy atom. The van der Waals surface area contributed by atoms with E-state index in [9.17, 15) is 22.8 Å². The molecule has 4 rings (SSSR count). The lowest BCUT2D eigenvalue weighted by molar-refractivity contribution is 0.0656. The number of anilines is 2. The largest absolute Gasteiger partial charge is 0.296 e. The number of fused-ring (bicyclic) bond motifs is 1. The van der Waals surface area contributed by atoms with Crippen LogP contribution in [0.15, 0.2) is 48.5 Å². The highest BCUT2D eigenvalue weighted by atomic mass is 32.2. The minimum atomic E-state index is -3.52. The lowest BCUT2D eigenvalue weighted by Gasteiger charge is -2.13. The lowest BCUT2D eigenvalue weighted by atomic mass is 10.1. The molecule has 0 aliphatic carbocycles. The minimum absolute atomic E-state index is 0.00610. The molecular formula is C20H17N5O5S2. The zero-order valence-corrected chi connectivity index (χ0v) is 18.4. The van der Waals surface area contributed by atoms with Crippen LogP contribution in [0.1, 0.15) is 36.6 Å². The predicted molar refractivity (Wildman–Crippen MR) is 118 cm³/mol. The number of nitrogens with zero attached hydrogens (tertiary/aromatic N) is 3. The molecule has 2 N–H and O–H groups in total. The molecule has 2 aromatic carbocycles. The maximum absolute atomic E-state index is 12.8. The maximum Gasteiger partial charge on any atom is 0.261 e. The normalized spacial score (nSPS) is 13.2. The Labute approximate surface area is 187 Å². The van der Waals surface area contributed by atoms with Crippen LogP contribution in [0.4, 0.5) is 10.3 Å². The summed E-state index contributed by atoms with van der Waals surface area (Å²) in [6.45, 7) is 0.235. The van der Waals surface area contributed by atoms with E-state index in [1.165, 1.54) is 23.1 Å². The van der Waals surface area contributed by atoms with Crippen molar-refractivity contribution >= 4 is 49.3 Å². The van der Waals surface area contributed by atoms with E-state index in [2.05, 4.69) is 20.2 Å². The van der Waals surface area contributed by atoms with Gasteiger partial charge >= 0.3 is 0 Å². The molecule has 0 saturated heterocycles. The number of amides is 3. The van der Waals surface area contributed by atoms with Gasteiger partial charge in [0.1, 0.15) is 0 Å². The summed E-state index contributed by atoms with van der Waals surface area (Å²) in [5.41, 5.74) is 1.57. The zero-order valence-electron chi connectivity index (χ0n) is 16.7. The second-order valence-corrected chi connectivity index (χ2v) is 9.72. The third kappa shape index (κ3) is 4.65. The van der Waals surface area contributed by atoms with Gasteiger partial charge in [-0.3, -0.25) is 29.3 Å². The van der Waals surface area contributed by atoms with Gasteiger partial charge in [0.15, 0.2) is 0 Å². The third-order valence-corrected chi connectivity index (χ3v) is 6.07. The maximum atomic E-state index is 12.8. The summed E-state index contributed by atoms with van der Waals surface area (Å²) in [5, 5.41) is 9.94. The number of nitrogens with one attached hydrogen (secondary N) is 2. The second-order valence-electron chi connectivity index (χ2n) is 7.00. The Morgan fingerprint density at radius 1 is 1.00 bits per heavy atom. The van der Waals surface area contributed by atoms with E-state index in [-0.39, 0.29) is 33.5 Å². The molecule has 0 bridgehead atoms. The van der Waals surface area contributed by atoms with Crippen molar-refractivity contribution < 1.29 is 22.8 Å². The lowest BCUT2D eigenvalue weighted by Crippen LogP contribution is -2.31. The number of sulfonamides is 1. The fourth-order valence-corrected chi connectivity index (χ4v) is 4.63. The molecule has 32 heavy (non-hydrogen) atoms. The first kappa shape index (κ1) is 21.6. The van der Waals surface area contributed by atoms with Gasteiger partial charge in [0.25, 0.3) is 17.7 Å². The smallest absolute Gasteiger partial charge is 0.261 e. The van der Waals surface area contributed by atoms with Crippen LogP contribution in [-0.4, -0.2) is 54.0 Å². The molecule has 1 aliphatic heterocycles. The number of hydrogen-bond donors (Lipinski definition) is 2. The highest BCUT2D eigenvalue weighted by molar-refractivity contribution is 7.92. The van der Waals surface area contributed by atoms with Crippen LogP contribution in [0.3, 0.4) is 0 Å². The van der Waals surface area contributed by atoms with E-state index in [4.69, 9.17) is 0 Å². The van der Waals surface area contributed by atoms with Gasteiger partial charge in [-0.1, -0.05) is 41.7 Å². The first-order valence-corrected chi connectivity index (χ1v) is 12.1. The summed E-state index contributed by atoms with van der Waals surface area (Å²) in [6, 6.07) is 13.8. The van der Waals surface area contributed by atoms with Crippen molar-refractivity contribution in [3.05, 3.63) is 70.8 Å². The van der Waals surface area contributed by atoms with Crippen molar-refractivity contribution in [3.8, 4) is 0 Å². The SMILES string of the molecule is CS(=O)(=O)Nc1nnc(NC(=O)c2ccc3c(c2)C(=O)N(CCc2ccccc2)C3=O)s1. The molecule has 0 radical (unpaired) electrons. The molecule has 0 spiro atoms. The van der Waals surface area contributed by atoms with Crippen molar-refractivity contribution in [2.24, 2.45) is 0 Å². The number of benzene rings is 2. The first-order valence-electron chi connectivity index (χ1n) is 9.38. The van der Waals surface area contributed by atoms with Crippen molar-refractivity contribution in [1.82, 2.24) is 15.1 Å². The summed E-state index contributed by atoms with van der Waals surface area (Å²) in [4.78, 5) is 39.2. The van der Waals surface area contributed by atoms with Gasteiger partial charge in [0.05, 0.1) is 17.4 Å². The van der Waals surface area contributed by atoms with Crippen molar-refractivity contribution in [1.29, 1.82) is 0 Å². The van der Waals surface area contributed by atoms with Gasteiger partial charge in [0, 0.05) is 12.1 Å². The molecule has 3 amide bonds. The van der Waals surface area contributed by atoms with Crippen LogP contribution in [0.5, 0.6) is 0 Å². The summed E-state index contributed by atoms with van der Waals surface area (Å²) < 4.78 is 24.7. The highest BCUT2D eigenvalue weighted by Crippen LogP contribution is 2.26. The quantitative estimate of drug-likeness (QED) is 0.503. The monoisotopic (exact) mass is 471 g/mol. The van der Waals surface area contributed by atoms with Crippen LogP contribution in [0.25, 0.3) is 0 Å². The Hall–Kier alpha value is -3.64. The number of carbonyl (C=O) groups excluding carboxylic acids is 3. The van der Waals surface area contributed by atoms with Crippen LogP contribution >= 0.6 is 11.3 Å². The van der Waals surface area contributed by atoms with Crippen molar-refractivity contribution in [2.75, 3.05) is 22.8 Å². The van der Waals surface area contributed by atoms with Crippen LogP contribution < -0.4 is 10.0 Å². The van der Waals surface area contributed by atoms with E-state index in [0.717, 1.165) is 23.2 Å². The molecule has 0 atom stereocenters. The third-order valence-electron chi connectivity index (χ3n) is 4.62. The van der Waals surface area contributed by atoms with Gasteiger partial charge in [-0.05, 0) is 30.2 Å².